The van der Waals surface area contributed by atoms with E-state index in [2.05, 4.69) is 24.1 Å². The molecule has 0 aliphatic rings. The third kappa shape index (κ3) is 3.51. The number of nitrogens with one attached hydrogen (secondary N) is 1. The Morgan fingerprint density at radius 3 is 2.55 bits per heavy atom. The molecule has 0 saturated carbocycles. The minimum absolute atomic E-state index is 0.600. The van der Waals surface area contributed by atoms with E-state index in [0.717, 1.165) is 27.4 Å². The lowest BCUT2D eigenvalue weighted by atomic mass is 10.2. The van der Waals surface area contributed by atoms with Crippen LogP contribution in [0.2, 0.25) is 0 Å². The monoisotopic (exact) mass is 409 g/mol. The van der Waals surface area contributed by atoms with Crippen molar-refractivity contribution in [3.8, 4) is 17.4 Å². The number of aromatic nitrogens is 4. The summed E-state index contributed by atoms with van der Waals surface area (Å²) >= 11 is 1.68. The number of methoxy groups -OCH3 is 2. The minimum atomic E-state index is 0.600. The van der Waals surface area contributed by atoms with Gasteiger partial charge in [0.2, 0.25) is 5.95 Å². The molecule has 150 valence electrons. The molecule has 0 amide bonds. The van der Waals surface area contributed by atoms with E-state index in [0.29, 0.717) is 24.0 Å². The highest BCUT2D eigenvalue weighted by molar-refractivity contribution is 7.18. The van der Waals surface area contributed by atoms with Crippen LogP contribution in [0.1, 0.15) is 21.8 Å². The summed E-state index contributed by atoms with van der Waals surface area (Å²) in [6, 6.07) is 5.89. The number of hydrogen-bond acceptors (Lipinski definition) is 7. The molecule has 8 heteroatoms. The number of thiophene rings is 1. The molecule has 0 saturated heterocycles. The van der Waals surface area contributed by atoms with Gasteiger partial charge in [0, 0.05) is 23.8 Å². The van der Waals surface area contributed by atoms with Crippen molar-refractivity contribution in [2.45, 2.75) is 27.3 Å². The van der Waals surface area contributed by atoms with Crippen molar-refractivity contribution >= 4 is 27.4 Å². The summed E-state index contributed by atoms with van der Waals surface area (Å²) in [6.45, 7) is 6.77. The number of fused-ring (bicyclic) bond motifs is 1. The van der Waals surface area contributed by atoms with Gasteiger partial charge in [-0.2, -0.15) is 4.98 Å². The first-order valence-corrected chi connectivity index (χ1v) is 10.1. The first kappa shape index (κ1) is 19.2. The van der Waals surface area contributed by atoms with Crippen LogP contribution < -0.4 is 14.8 Å². The third-order valence-corrected chi connectivity index (χ3v) is 6.07. The summed E-state index contributed by atoms with van der Waals surface area (Å²) in [7, 11) is 3.27. The topological polar surface area (TPSA) is 74.1 Å². The number of rotatable bonds is 6. The van der Waals surface area contributed by atoms with E-state index >= 15 is 0 Å². The first-order valence-electron chi connectivity index (χ1n) is 9.24. The van der Waals surface area contributed by atoms with Gasteiger partial charge in [-0.3, -0.25) is 4.57 Å². The molecule has 0 radical (unpaired) electrons. The molecule has 1 aromatic carbocycles. The van der Waals surface area contributed by atoms with Gasteiger partial charge in [-0.15, -0.1) is 11.3 Å². The SMILES string of the molecule is COc1ccc(CNc2nc(-n3ccnc3C)nc3sc(C)c(C)c23)cc1OC. The Morgan fingerprint density at radius 2 is 1.86 bits per heavy atom. The predicted molar refractivity (Wildman–Crippen MR) is 116 cm³/mol. The Kier molecular flexibility index (Phi) is 5.10. The Balaban J connectivity index is 1.73. The molecular formula is C21H23N5O2S. The van der Waals surface area contributed by atoms with E-state index < -0.39 is 0 Å². The van der Waals surface area contributed by atoms with Gasteiger partial charge in [0.05, 0.1) is 19.6 Å². The summed E-state index contributed by atoms with van der Waals surface area (Å²) < 4.78 is 12.6. The average molecular weight is 410 g/mol. The van der Waals surface area contributed by atoms with Crippen LogP contribution in [0.15, 0.2) is 30.6 Å². The van der Waals surface area contributed by atoms with Crippen LogP contribution in [-0.4, -0.2) is 33.7 Å². The zero-order valence-corrected chi connectivity index (χ0v) is 17.9. The molecule has 3 aromatic heterocycles. The number of anilines is 1. The van der Waals surface area contributed by atoms with Crippen LogP contribution in [-0.2, 0) is 6.54 Å². The van der Waals surface area contributed by atoms with E-state index in [-0.39, 0.29) is 0 Å². The number of imidazole rings is 1. The van der Waals surface area contributed by atoms with Gasteiger partial charge in [-0.1, -0.05) is 6.07 Å². The number of hydrogen-bond donors (Lipinski definition) is 1. The van der Waals surface area contributed by atoms with Crippen molar-refractivity contribution in [3.63, 3.8) is 0 Å². The van der Waals surface area contributed by atoms with Crippen molar-refractivity contribution in [2.24, 2.45) is 0 Å². The standard InChI is InChI=1S/C21H23N5O2S/c1-12-13(2)29-20-18(12)19(24-21(25-20)26-9-8-22-14(26)3)23-11-15-6-7-16(27-4)17(10-15)28-5/h6-10H,11H2,1-5H3,(H,23,24,25). The summed E-state index contributed by atoms with van der Waals surface area (Å²) in [5.41, 5.74) is 2.27. The zero-order valence-electron chi connectivity index (χ0n) is 17.1. The smallest absolute Gasteiger partial charge is 0.238 e. The molecule has 0 aliphatic carbocycles. The first-order chi connectivity index (χ1) is 14.0. The van der Waals surface area contributed by atoms with Gasteiger partial charge >= 0.3 is 0 Å². The van der Waals surface area contributed by atoms with Crippen molar-refractivity contribution in [2.75, 3.05) is 19.5 Å². The quantitative estimate of drug-likeness (QED) is 0.508. The normalized spacial score (nSPS) is 11.1. The molecule has 29 heavy (non-hydrogen) atoms. The van der Waals surface area contributed by atoms with Crippen LogP contribution in [0, 0.1) is 20.8 Å². The van der Waals surface area contributed by atoms with E-state index in [1.54, 1.807) is 31.8 Å². The Bertz CT molecular complexity index is 1180. The van der Waals surface area contributed by atoms with Gasteiger partial charge in [0.1, 0.15) is 16.5 Å². The molecule has 0 spiro atoms. The second-order valence-electron chi connectivity index (χ2n) is 6.72. The number of aryl methyl sites for hydroxylation is 3. The fourth-order valence-corrected chi connectivity index (χ4v) is 4.26. The number of ether oxygens (including phenoxy) is 2. The van der Waals surface area contributed by atoms with Crippen molar-refractivity contribution < 1.29 is 9.47 Å². The summed E-state index contributed by atoms with van der Waals surface area (Å²) in [6.07, 6.45) is 3.63. The van der Waals surface area contributed by atoms with Gasteiger partial charge in [0.15, 0.2) is 11.5 Å². The van der Waals surface area contributed by atoms with Gasteiger partial charge < -0.3 is 14.8 Å². The van der Waals surface area contributed by atoms with Gasteiger partial charge in [-0.05, 0) is 44.0 Å². The van der Waals surface area contributed by atoms with Gasteiger partial charge in [-0.25, -0.2) is 9.97 Å². The Labute approximate surface area is 173 Å². The number of nitrogens with zero attached hydrogens (tertiary/aromatic N) is 4. The highest BCUT2D eigenvalue weighted by Gasteiger charge is 2.16. The lowest BCUT2D eigenvalue weighted by Crippen LogP contribution is -2.08. The summed E-state index contributed by atoms with van der Waals surface area (Å²) in [5.74, 6) is 3.69. The van der Waals surface area contributed by atoms with Crippen molar-refractivity contribution in [3.05, 3.63) is 52.4 Å². The number of benzene rings is 1. The average Bonchev–Trinajstić information content (AvgIpc) is 3.28. The Morgan fingerprint density at radius 1 is 1.07 bits per heavy atom. The maximum atomic E-state index is 5.42. The molecule has 0 aliphatic heterocycles. The van der Waals surface area contributed by atoms with Crippen LogP contribution in [0.4, 0.5) is 5.82 Å². The van der Waals surface area contributed by atoms with E-state index in [4.69, 9.17) is 19.4 Å². The molecule has 0 fully saturated rings. The summed E-state index contributed by atoms with van der Waals surface area (Å²) in [4.78, 5) is 16.1. The molecule has 0 atom stereocenters. The van der Waals surface area contributed by atoms with Crippen LogP contribution in [0.25, 0.3) is 16.2 Å². The lowest BCUT2D eigenvalue weighted by Gasteiger charge is -2.12. The van der Waals surface area contributed by atoms with E-state index in [1.165, 1.54) is 10.4 Å². The molecule has 0 unspecified atom stereocenters. The maximum Gasteiger partial charge on any atom is 0.238 e. The highest BCUT2D eigenvalue weighted by atomic mass is 32.1. The minimum Gasteiger partial charge on any atom is -0.493 e. The molecule has 0 bridgehead atoms. The molecule has 4 aromatic rings. The van der Waals surface area contributed by atoms with Crippen LogP contribution in [0.5, 0.6) is 11.5 Å². The molecule has 7 nitrogen and oxygen atoms in total. The fourth-order valence-electron chi connectivity index (χ4n) is 3.24. The molecule has 3 heterocycles. The van der Waals surface area contributed by atoms with Crippen LogP contribution in [0.3, 0.4) is 0 Å². The van der Waals surface area contributed by atoms with E-state index in [9.17, 15) is 0 Å². The third-order valence-electron chi connectivity index (χ3n) is 4.97. The Hall–Kier alpha value is -3.13. The second-order valence-corrected chi connectivity index (χ2v) is 7.93. The molecule has 4 rings (SSSR count). The fraction of sp³-hybridized carbons (Fsp3) is 0.286. The maximum absolute atomic E-state index is 5.42. The molecule has 1 N–H and O–H groups in total. The summed E-state index contributed by atoms with van der Waals surface area (Å²) in [5, 5.41) is 4.56. The van der Waals surface area contributed by atoms with Gasteiger partial charge in [0.25, 0.3) is 0 Å². The lowest BCUT2D eigenvalue weighted by molar-refractivity contribution is 0.354. The van der Waals surface area contributed by atoms with Crippen molar-refractivity contribution in [1.29, 1.82) is 0 Å². The van der Waals surface area contributed by atoms with Crippen LogP contribution >= 0.6 is 11.3 Å². The second kappa shape index (κ2) is 7.71. The molecular weight excluding hydrogens is 386 g/mol. The zero-order chi connectivity index (χ0) is 20.5. The largest absolute Gasteiger partial charge is 0.493 e. The highest BCUT2D eigenvalue weighted by Crippen LogP contribution is 2.34. The predicted octanol–water partition coefficient (Wildman–Crippen LogP) is 4.43. The van der Waals surface area contributed by atoms with Crippen molar-refractivity contribution in [1.82, 2.24) is 19.5 Å². The van der Waals surface area contributed by atoms with E-state index in [1.807, 2.05) is 35.9 Å².